The van der Waals surface area contributed by atoms with Crippen molar-refractivity contribution in [1.82, 2.24) is 15.2 Å². The number of carbonyl (C=O) groups excluding carboxylic acids is 1. The molecule has 5 nitrogen and oxygen atoms in total. The predicted molar refractivity (Wildman–Crippen MR) is 119 cm³/mol. The molecule has 1 aromatic heterocycles. The number of benzene rings is 2. The lowest BCUT2D eigenvalue weighted by Gasteiger charge is -2.28. The van der Waals surface area contributed by atoms with Crippen molar-refractivity contribution in [3.05, 3.63) is 89.1 Å². The highest BCUT2D eigenvalue weighted by Gasteiger charge is 2.30. The number of hydrogen-bond acceptors (Lipinski definition) is 4. The summed E-state index contributed by atoms with van der Waals surface area (Å²) in [7, 11) is 0. The van der Waals surface area contributed by atoms with Gasteiger partial charge in [-0.2, -0.15) is 13.2 Å². The molecule has 0 aliphatic carbocycles. The lowest BCUT2D eigenvalue weighted by atomic mass is 10.1. The van der Waals surface area contributed by atoms with Crippen LogP contribution < -0.4 is 5.32 Å². The second-order valence-electron chi connectivity index (χ2n) is 8.10. The second kappa shape index (κ2) is 10.7. The fourth-order valence-electron chi connectivity index (χ4n) is 3.37. The molecule has 1 amide bonds. The number of alkyl halides is 3. The molecule has 33 heavy (non-hydrogen) atoms. The lowest BCUT2D eigenvalue weighted by Crippen LogP contribution is -2.32. The zero-order valence-corrected chi connectivity index (χ0v) is 18.9. The maximum Gasteiger partial charge on any atom is 0.416 e. The Morgan fingerprint density at radius 3 is 2.33 bits per heavy atom. The molecule has 2 aromatic carbocycles. The van der Waals surface area contributed by atoms with Gasteiger partial charge in [-0.15, -0.1) is 0 Å². The molecule has 0 radical (unpaired) electrons. The van der Waals surface area contributed by atoms with Crippen LogP contribution in [0, 0.1) is 0 Å². The van der Waals surface area contributed by atoms with Crippen molar-refractivity contribution in [2.75, 3.05) is 0 Å². The Labute approximate surface area is 191 Å². The van der Waals surface area contributed by atoms with Gasteiger partial charge in [-0.1, -0.05) is 49.4 Å². The van der Waals surface area contributed by atoms with E-state index in [2.05, 4.69) is 10.3 Å². The molecule has 0 unspecified atom stereocenters. The van der Waals surface area contributed by atoms with E-state index in [-0.39, 0.29) is 30.2 Å². The number of halogens is 3. The van der Waals surface area contributed by atoms with E-state index >= 15 is 0 Å². The van der Waals surface area contributed by atoms with E-state index in [0.29, 0.717) is 12.4 Å². The molecular weight excluding hydrogens is 431 g/mol. The standard InChI is InChI=1S/C25H28F3N3O2/c1-4-17(2)29-24(32)22-16-33-23(30-22)15-31(18(3)20-8-6-5-7-9-20)14-19-10-12-21(13-11-19)25(26,27)28/h5-13,16-18H,4,14-15H2,1-3H3,(H,29,32)/t17-,18-/m1/s1. The van der Waals surface area contributed by atoms with Crippen molar-refractivity contribution in [2.24, 2.45) is 0 Å². The number of amides is 1. The third kappa shape index (κ3) is 6.68. The first-order chi connectivity index (χ1) is 15.7. The van der Waals surface area contributed by atoms with Crippen molar-refractivity contribution in [1.29, 1.82) is 0 Å². The Morgan fingerprint density at radius 2 is 1.73 bits per heavy atom. The van der Waals surface area contributed by atoms with Crippen LogP contribution in [-0.2, 0) is 19.3 Å². The van der Waals surface area contributed by atoms with Crippen LogP contribution >= 0.6 is 0 Å². The maximum absolute atomic E-state index is 12.9. The van der Waals surface area contributed by atoms with E-state index in [9.17, 15) is 18.0 Å². The minimum Gasteiger partial charge on any atom is -0.447 e. The fraction of sp³-hybridized carbons (Fsp3) is 0.360. The number of carbonyl (C=O) groups is 1. The normalized spacial score (nSPS) is 13.7. The number of nitrogens with one attached hydrogen (secondary N) is 1. The molecule has 0 fully saturated rings. The molecule has 1 N–H and O–H groups in total. The van der Waals surface area contributed by atoms with Gasteiger partial charge in [0.15, 0.2) is 5.69 Å². The van der Waals surface area contributed by atoms with Crippen molar-refractivity contribution in [3.63, 3.8) is 0 Å². The highest BCUT2D eigenvalue weighted by Crippen LogP contribution is 2.30. The summed E-state index contributed by atoms with van der Waals surface area (Å²) in [6, 6.07) is 14.9. The molecule has 2 atom stereocenters. The summed E-state index contributed by atoms with van der Waals surface area (Å²) in [4.78, 5) is 18.7. The smallest absolute Gasteiger partial charge is 0.416 e. The van der Waals surface area contributed by atoms with Gasteiger partial charge in [0.2, 0.25) is 5.89 Å². The highest BCUT2D eigenvalue weighted by atomic mass is 19.4. The molecule has 0 saturated heterocycles. The molecule has 3 aromatic rings. The van der Waals surface area contributed by atoms with E-state index in [1.165, 1.54) is 18.4 Å². The van der Waals surface area contributed by atoms with Gasteiger partial charge in [0.1, 0.15) is 6.26 Å². The van der Waals surface area contributed by atoms with Gasteiger partial charge >= 0.3 is 6.18 Å². The number of nitrogens with zero attached hydrogens (tertiary/aromatic N) is 2. The highest BCUT2D eigenvalue weighted by molar-refractivity contribution is 5.92. The minimum absolute atomic E-state index is 0.0203. The second-order valence-corrected chi connectivity index (χ2v) is 8.10. The Hall–Kier alpha value is -3.13. The molecule has 0 bridgehead atoms. The topological polar surface area (TPSA) is 58.4 Å². The summed E-state index contributed by atoms with van der Waals surface area (Å²) in [5.41, 5.74) is 1.29. The first-order valence-corrected chi connectivity index (χ1v) is 10.9. The molecule has 176 valence electrons. The Balaban J connectivity index is 1.80. The maximum atomic E-state index is 12.9. The Kier molecular flexibility index (Phi) is 7.92. The predicted octanol–water partition coefficient (Wildman–Crippen LogP) is 5.99. The average molecular weight is 460 g/mol. The van der Waals surface area contributed by atoms with Crippen molar-refractivity contribution in [2.45, 2.75) is 58.5 Å². The monoisotopic (exact) mass is 459 g/mol. The summed E-state index contributed by atoms with van der Waals surface area (Å²) in [6.45, 7) is 6.56. The van der Waals surface area contributed by atoms with Gasteiger partial charge in [-0.05, 0) is 43.5 Å². The van der Waals surface area contributed by atoms with Gasteiger partial charge in [-0.3, -0.25) is 9.69 Å². The summed E-state index contributed by atoms with van der Waals surface area (Å²) in [5.74, 6) is 0.0590. The van der Waals surface area contributed by atoms with Gasteiger partial charge in [0, 0.05) is 18.6 Å². The van der Waals surface area contributed by atoms with Gasteiger partial charge < -0.3 is 9.73 Å². The molecular formula is C25H28F3N3O2. The van der Waals surface area contributed by atoms with E-state index in [1.807, 2.05) is 56.0 Å². The van der Waals surface area contributed by atoms with E-state index in [0.717, 1.165) is 29.7 Å². The quantitative estimate of drug-likeness (QED) is 0.427. The van der Waals surface area contributed by atoms with Crippen LogP contribution in [-0.4, -0.2) is 21.8 Å². The summed E-state index contributed by atoms with van der Waals surface area (Å²) >= 11 is 0. The van der Waals surface area contributed by atoms with Crippen LogP contribution in [0.5, 0.6) is 0 Å². The number of hydrogen-bond donors (Lipinski definition) is 1. The van der Waals surface area contributed by atoms with Gasteiger partial charge in [-0.25, -0.2) is 4.98 Å². The third-order valence-corrected chi connectivity index (χ3v) is 5.61. The number of rotatable bonds is 9. The summed E-state index contributed by atoms with van der Waals surface area (Å²) in [5, 5.41) is 2.85. The minimum atomic E-state index is -4.38. The summed E-state index contributed by atoms with van der Waals surface area (Å²) in [6.07, 6.45) is -2.25. The van der Waals surface area contributed by atoms with E-state index in [1.54, 1.807) is 0 Å². The van der Waals surface area contributed by atoms with E-state index in [4.69, 9.17) is 4.42 Å². The number of oxazole rings is 1. The molecule has 3 rings (SSSR count). The fourth-order valence-corrected chi connectivity index (χ4v) is 3.37. The summed E-state index contributed by atoms with van der Waals surface area (Å²) < 4.78 is 44.3. The molecule has 0 spiro atoms. The molecule has 0 aliphatic rings. The molecule has 8 heteroatoms. The van der Waals surface area contributed by atoms with Crippen LogP contribution in [0.25, 0.3) is 0 Å². The Bertz CT molecular complexity index is 1030. The average Bonchev–Trinajstić information content (AvgIpc) is 3.27. The zero-order valence-electron chi connectivity index (χ0n) is 18.9. The first kappa shape index (κ1) is 24.5. The van der Waals surface area contributed by atoms with Crippen LogP contribution in [0.2, 0.25) is 0 Å². The van der Waals surface area contributed by atoms with Crippen LogP contribution in [0.3, 0.4) is 0 Å². The zero-order chi connectivity index (χ0) is 24.0. The van der Waals surface area contributed by atoms with Crippen molar-refractivity contribution < 1.29 is 22.4 Å². The van der Waals surface area contributed by atoms with Crippen molar-refractivity contribution >= 4 is 5.91 Å². The molecule has 0 saturated carbocycles. The van der Waals surface area contributed by atoms with Crippen molar-refractivity contribution in [3.8, 4) is 0 Å². The third-order valence-electron chi connectivity index (χ3n) is 5.61. The van der Waals surface area contributed by atoms with Gasteiger partial charge in [0.05, 0.1) is 12.1 Å². The SMILES string of the molecule is CC[C@@H](C)NC(=O)c1coc(CN(Cc2ccc(C(F)(F)F)cc2)[C@H](C)c2ccccc2)n1. The van der Waals surface area contributed by atoms with E-state index < -0.39 is 11.7 Å². The molecule has 0 aliphatic heterocycles. The van der Waals surface area contributed by atoms with Crippen LogP contribution in [0.4, 0.5) is 13.2 Å². The lowest BCUT2D eigenvalue weighted by molar-refractivity contribution is -0.137. The number of aromatic nitrogens is 1. The van der Waals surface area contributed by atoms with Crippen LogP contribution in [0.15, 0.2) is 65.3 Å². The first-order valence-electron chi connectivity index (χ1n) is 10.9. The van der Waals surface area contributed by atoms with Crippen LogP contribution in [0.1, 0.15) is 66.3 Å². The Morgan fingerprint density at radius 1 is 1.06 bits per heavy atom. The van der Waals surface area contributed by atoms with Gasteiger partial charge in [0.25, 0.3) is 5.91 Å². The molecule has 1 heterocycles. The largest absolute Gasteiger partial charge is 0.447 e.